The zero-order chi connectivity index (χ0) is 19.6. The quantitative estimate of drug-likeness (QED) is 0.791. The van der Waals surface area contributed by atoms with Gasteiger partial charge in [-0.15, -0.1) is 5.10 Å². The van der Waals surface area contributed by atoms with Crippen molar-refractivity contribution in [1.29, 1.82) is 0 Å². The van der Waals surface area contributed by atoms with Crippen molar-refractivity contribution < 1.29 is 9.53 Å². The molecular weight excluding hydrogens is 342 g/mol. The van der Waals surface area contributed by atoms with E-state index in [1.165, 1.54) is 0 Å². The van der Waals surface area contributed by atoms with Gasteiger partial charge in [0.1, 0.15) is 0 Å². The minimum absolute atomic E-state index is 0.0163. The summed E-state index contributed by atoms with van der Waals surface area (Å²) in [7, 11) is 0. The minimum Gasteiger partial charge on any atom is -0.378 e. The highest BCUT2D eigenvalue weighted by molar-refractivity contribution is 5.93. The molecule has 2 atom stereocenters. The number of nitrogens with one attached hydrogen (secondary N) is 1. The molecule has 1 aliphatic carbocycles. The maximum atomic E-state index is 13.4. The lowest BCUT2D eigenvalue weighted by molar-refractivity contribution is -0.140. The van der Waals surface area contributed by atoms with E-state index in [4.69, 9.17) is 4.74 Å². The Hall–Kier alpha value is -1.47. The summed E-state index contributed by atoms with van der Waals surface area (Å²) < 4.78 is 7.83. The number of hydrogen-bond acceptors (Lipinski definition) is 5. The second-order valence-corrected chi connectivity index (χ2v) is 8.46. The van der Waals surface area contributed by atoms with E-state index in [0.29, 0.717) is 18.3 Å². The fourth-order valence-corrected chi connectivity index (χ4v) is 4.59. The van der Waals surface area contributed by atoms with E-state index >= 15 is 0 Å². The van der Waals surface area contributed by atoms with Crippen molar-refractivity contribution in [3.05, 3.63) is 11.4 Å². The van der Waals surface area contributed by atoms with Gasteiger partial charge >= 0.3 is 0 Å². The molecule has 1 N–H and O–H groups in total. The molecule has 0 spiro atoms. The molecule has 2 aliphatic rings. The fraction of sp³-hybridized carbons (Fsp3) is 0.850. The van der Waals surface area contributed by atoms with E-state index in [0.717, 1.165) is 51.0 Å². The number of carbonyl (C=O) groups excluding carboxylic acids is 1. The molecule has 0 bridgehead atoms. The first-order chi connectivity index (χ1) is 12.9. The lowest BCUT2D eigenvalue weighted by Crippen LogP contribution is -2.63. The Labute approximate surface area is 162 Å². The van der Waals surface area contributed by atoms with Gasteiger partial charge in [0.2, 0.25) is 0 Å². The average molecular weight is 378 g/mol. The second-order valence-electron chi connectivity index (χ2n) is 8.46. The number of piperidine rings is 1. The SMILES string of the molecule is CCCN(C(=O)c1nnn(C2CCNCC2)c1C)[C@H]1C[C@H](OCC)C1(C)C. The van der Waals surface area contributed by atoms with Crippen molar-refractivity contribution in [1.82, 2.24) is 25.2 Å². The molecule has 152 valence electrons. The first-order valence-electron chi connectivity index (χ1n) is 10.5. The monoisotopic (exact) mass is 377 g/mol. The zero-order valence-corrected chi connectivity index (χ0v) is 17.5. The Kier molecular flexibility index (Phi) is 6.21. The first kappa shape index (κ1) is 20.3. The molecule has 0 unspecified atom stereocenters. The molecule has 1 aromatic rings. The number of ether oxygens (including phenoxy) is 1. The van der Waals surface area contributed by atoms with Crippen LogP contribution in [0.3, 0.4) is 0 Å². The maximum Gasteiger partial charge on any atom is 0.276 e. The molecule has 7 heteroatoms. The summed E-state index contributed by atoms with van der Waals surface area (Å²) >= 11 is 0. The van der Waals surface area contributed by atoms with Gasteiger partial charge < -0.3 is 15.0 Å². The highest BCUT2D eigenvalue weighted by Gasteiger charge is 2.53. The second kappa shape index (κ2) is 8.27. The Morgan fingerprint density at radius 3 is 2.63 bits per heavy atom. The molecule has 1 aromatic heterocycles. The van der Waals surface area contributed by atoms with Gasteiger partial charge in [-0.1, -0.05) is 26.0 Å². The molecule has 0 radical (unpaired) electrons. The Bertz CT molecular complexity index is 651. The zero-order valence-electron chi connectivity index (χ0n) is 17.5. The number of amides is 1. The van der Waals surface area contributed by atoms with Crippen LogP contribution in [0.15, 0.2) is 0 Å². The summed E-state index contributed by atoms with van der Waals surface area (Å²) in [5.41, 5.74) is 1.36. The van der Waals surface area contributed by atoms with Crippen LogP contribution in [0.5, 0.6) is 0 Å². The van der Waals surface area contributed by atoms with Crippen LogP contribution in [0, 0.1) is 12.3 Å². The maximum absolute atomic E-state index is 13.4. The van der Waals surface area contributed by atoms with Crippen LogP contribution >= 0.6 is 0 Å². The molecule has 1 saturated heterocycles. The molecule has 7 nitrogen and oxygen atoms in total. The summed E-state index contributed by atoms with van der Waals surface area (Å²) in [5.74, 6) is 0.0163. The van der Waals surface area contributed by atoms with Crippen LogP contribution in [0.25, 0.3) is 0 Å². The molecule has 0 aromatic carbocycles. The number of nitrogens with zero attached hydrogens (tertiary/aromatic N) is 4. The number of rotatable bonds is 7. The summed E-state index contributed by atoms with van der Waals surface area (Å²) in [6, 6.07) is 0.521. The number of aromatic nitrogens is 3. The Morgan fingerprint density at radius 1 is 1.33 bits per heavy atom. The van der Waals surface area contributed by atoms with Gasteiger partial charge in [0, 0.05) is 24.6 Å². The predicted octanol–water partition coefficient (Wildman–Crippen LogP) is 2.57. The van der Waals surface area contributed by atoms with Crippen LogP contribution in [0.1, 0.15) is 75.6 Å². The average Bonchev–Trinajstić information content (AvgIpc) is 3.05. The highest BCUT2D eigenvalue weighted by Crippen LogP contribution is 2.46. The predicted molar refractivity (Wildman–Crippen MR) is 105 cm³/mol. The van der Waals surface area contributed by atoms with E-state index in [9.17, 15) is 4.79 Å². The van der Waals surface area contributed by atoms with Gasteiger partial charge in [0.25, 0.3) is 5.91 Å². The molecule has 2 fully saturated rings. The van der Waals surface area contributed by atoms with Crippen LogP contribution < -0.4 is 5.32 Å². The van der Waals surface area contributed by atoms with Crippen molar-refractivity contribution in [2.45, 2.75) is 78.5 Å². The van der Waals surface area contributed by atoms with Gasteiger partial charge in [-0.05, 0) is 52.6 Å². The highest BCUT2D eigenvalue weighted by atomic mass is 16.5. The van der Waals surface area contributed by atoms with E-state index in [2.05, 4.69) is 36.4 Å². The van der Waals surface area contributed by atoms with Crippen LogP contribution in [-0.4, -0.2) is 64.2 Å². The van der Waals surface area contributed by atoms with Crippen molar-refractivity contribution >= 4 is 5.91 Å². The van der Waals surface area contributed by atoms with Crippen LogP contribution in [-0.2, 0) is 4.74 Å². The van der Waals surface area contributed by atoms with Crippen LogP contribution in [0.4, 0.5) is 0 Å². The lowest BCUT2D eigenvalue weighted by atomic mass is 9.63. The van der Waals surface area contributed by atoms with E-state index in [-0.39, 0.29) is 23.5 Å². The smallest absolute Gasteiger partial charge is 0.276 e. The van der Waals surface area contributed by atoms with Crippen LogP contribution in [0.2, 0.25) is 0 Å². The van der Waals surface area contributed by atoms with Gasteiger partial charge in [0.05, 0.1) is 17.8 Å². The van der Waals surface area contributed by atoms with Crippen molar-refractivity contribution in [3.63, 3.8) is 0 Å². The summed E-state index contributed by atoms with van der Waals surface area (Å²) in [5, 5.41) is 12.0. The van der Waals surface area contributed by atoms with Crippen molar-refractivity contribution in [2.24, 2.45) is 5.41 Å². The fourth-order valence-electron chi connectivity index (χ4n) is 4.59. The van der Waals surface area contributed by atoms with E-state index in [1.54, 1.807) is 0 Å². The third kappa shape index (κ3) is 3.76. The standard InChI is InChI=1S/C20H35N5O2/c1-6-12-24(16-13-17(27-7-2)20(16,4)5)19(26)18-14(3)25(23-22-18)15-8-10-21-11-9-15/h15-17,21H,6-13H2,1-5H3/t16-,17-/m0/s1. The molecular formula is C20H35N5O2. The first-order valence-corrected chi connectivity index (χ1v) is 10.5. The summed E-state index contributed by atoms with van der Waals surface area (Å²) in [6.45, 7) is 14.0. The van der Waals surface area contributed by atoms with Gasteiger partial charge in [0.15, 0.2) is 5.69 Å². The third-order valence-corrected chi connectivity index (χ3v) is 6.38. The minimum atomic E-state index is -0.0419. The normalized spacial score (nSPS) is 25.2. The van der Waals surface area contributed by atoms with E-state index in [1.807, 2.05) is 23.4 Å². The summed E-state index contributed by atoms with van der Waals surface area (Å²) in [6.07, 6.45) is 4.10. The molecule has 1 amide bonds. The molecule has 1 saturated carbocycles. The van der Waals surface area contributed by atoms with Gasteiger partial charge in [-0.25, -0.2) is 4.68 Å². The largest absolute Gasteiger partial charge is 0.378 e. The third-order valence-electron chi connectivity index (χ3n) is 6.38. The lowest BCUT2D eigenvalue weighted by Gasteiger charge is -2.55. The molecule has 3 rings (SSSR count). The topological polar surface area (TPSA) is 72.3 Å². The molecule has 27 heavy (non-hydrogen) atoms. The molecule has 2 heterocycles. The summed E-state index contributed by atoms with van der Waals surface area (Å²) in [4.78, 5) is 15.4. The number of carbonyl (C=O) groups is 1. The van der Waals surface area contributed by atoms with Crippen molar-refractivity contribution in [3.8, 4) is 0 Å². The Morgan fingerprint density at radius 2 is 2.04 bits per heavy atom. The Balaban J connectivity index is 1.79. The molecule has 1 aliphatic heterocycles. The van der Waals surface area contributed by atoms with E-state index < -0.39 is 0 Å². The number of hydrogen-bond donors (Lipinski definition) is 1. The van der Waals surface area contributed by atoms with Crippen molar-refractivity contribution in [2.75, 3.05) is 26.2 Å². The van der Waals surface area contributed by atoms with Gasteiger partial charge in [-0.3, -0.25) is 4.79 Å². The van der Waals surface area contributed by atoms with Gasteiger partial charge in [-0.2, -0.15) is 0 Å².